The molecule has 9 nitrogen and oxygen atoms in total. The van der Waals surface area contributed by atoms with Gasteiger partial charge >= 0.3 is 11.1 Å². The molecule has 0 unspecified atom stereocenters. The van der Waals surface area contributed by atoms with E-state index in [4.69, 9.17) is 14.2 Å². The normalized spacial score (nSPS) is 10.4. The van der Waals surface area contributed by atoms with Gasteiger partial charge < -0.3 is 19.5 Å². The van der Waals surface area contributed by atoms with Gasteiger partial charge in [-0.3, -0.25) is 23.5 Å². The Hall–Kier alpha value is -4.01. The summed E-state index contributed by atoms with van der Waals surface area (Å²) < 4.78 is 18.2. The van der Waals surface area contributed by atoms with Crippen molar-refractivity contribution in [3.05, 3.63) is 75.6 Å². The van der Waals surface area contributed by atoms with Crippen LogP contribution in [0.25, 0.3) is 5.69 Å². The highest BCUT2D eigenvalue weighted by atomic mass is 16.5. The Morgan fingerprint density at radius 1 is 0.968 bits per heavy atom. The zero-order chi connectivity index (χ0) is 22.4. The topological polar surface area (TPSA) is 101 Å². The molecule has 0 aliphatic carbocycles. The number of para-hydroxylation sites is 2. The number of anilines is 1. The van der Waals surface area contributed by atoms with E-state index in [0.717, 1.165) is 4.57 Å². The van der Waals surface area contributed by atoms with E-state index in [2.05, 4.69) is 5.32 Å². The number of aromatic nitrogens is 2. The average molecular weight is 425 g/mol. The maximum absolute atomic E-state index is 12.7. The van der Waals surface area contributed by atoms with E-state index in [1.54, 1.807) is 42.5 Å². The number of nitrogens with one attached hydrogen (secondary N) is 1. The van der Waals surface area contributed by atoms with E-state index in [0.29, 0.717) is 35.2 Å². The Bertz CT molecular complexity index is 1200. The molecule has 1 heterocycles. The van der Waals surface area contributed by atoms with Crippen LogP contribution in [0.15, 0.2) is 64.4 Å². The van der Waals surface area contributed by atoms with Crippen LogP contribution in [0, 0.1) is 0 Å². The van der Waals surface area contributed by atoms with Gasteiger partial charge in [0.05, 0.1) is 32.2 Å². The van der Waals surface area contributed by atoms with E-state index < -0.39 is 17.0 Å². The number of ether oxygens (including phenoxy) is 3. The lowest BCUT2D eigenvalue weighted by atomic mass is 10.2. The molecule has 0 aliphatic rings. The van der Waals surface area contributed by atoms with Crippen LogP contribution < -0.4 is 30.6 Å². The van der Waals surface area contributed by atoms with Gasteiger partial charge in [-0.25, -0.2) is 0 Å². The molecule has 0 spiro atoms. The van der Waals surface area contributed by atoms with Crippen molar-refractivity contribution >= 4 is 11.6 Å². The second-order valence-corrected chi connectivity index (χ2v) is 6.42. The zero-order valence-corrected chi connectivity index (χ0v) is 17.5. The Kier molecular flexibility index (Phi) is 6.76. The second-order valence-electron chi connectivity index (χ2n) is 6.42. The Morgan fingerprint density at radius 2 is 1.74 bits per heavy atom. The van der Waals surface area contributed by atoms with E-state index in [1.807, 2.05) is 6.92 Å². The summed E-state index contributed by atoms with van der Waals surface area (Å²) in [7, 11) is 2.98. The summed E-state index contributed by atoms with van der Waals surface area (Å²) in [6, 6.07) is 11.9. The van der Waals surface area contributed by atoms with E-state index >= 15 is 0 Å². The standard InChI is InChI=1S/C22H23N3O6/c1-4-31-19-8-6-5-7-17(19)25-12-11-24(21(27)22(25)28)14-20(26)23-16-13-15(29-2)9-10-18(16)30-3/h5-13H,4,14H2,1-3H3,(H,23,26). The lowest BCUT2D eigenvalue weighted by Gasteiger charge is -2.14. The van der Waals surface area contributed by atoms with Crippen LogP contribution in [0.2, 0.25) is 0 Å². The van der Waals surface area contributed by atoms with E-state index in [-0.39, 0.29) is 6.54 Å². The van der Waals surface area contributed by atoms with Crippen LogP contribution in [0.5, 0.6) is 17.2 Å². The van der Waals surface area contributed by atoms with Gasteiger partial charge in [0.2, 0.25) is 5.91 Å². The van der Waals surface area contributed by atoms with Crippen LogP contribution in [-0.4, -0.2) is 35.9 Å². The maximum atomic E-state index is 12.7. The van der Waals surface area contributed by atoms with Gasteiger partial charge in [-0.1, -0.05) is 12.1 Å². The van der Waals surface area contributed by atoms with Crippen molar-refractivity contribution in [3.63, 3.8) is 0 Å². The summed E-state index contributed by atoms with van der Waals surface area (Å²) >= 11 is 0. The van der Waals surface area contributed by atoms with Crippen molar-refractivity contribution in [1.29, 1.82) is 0 Å². The van der Waals surface area contributed by atoms with Crippen molar-refractivity contribution in [1.82, 2.24) is 9.13 Å². The number of carbonyl (C=O) groups excluding carboxylic acids is 1. The zero-order valence-electron chi connectivity index (χ0n) is 17.5. The molecule has 3 aromatic rings. The highest BCUT2D eigenvalue weighted by molar-refractivity contribution is 5.92. The minimum absolute atomic E-state index is 0.345. The van der Waals surface area contributed by atoms with Crippen LogP contribution in [-0.2, 0) is 11.3 Å². The molecular weight excluding hydrogens is 402 g/mol. The third-order valence-corrected chi connectivity index (χ3v) is 4.48. The first-order valence-electron chi connectivity index (χ1n) is 9.54. The van der Waals surface area contributed by atoms with Crippen molar-refractivity contribution in [2.45, 2.75) is 13.5 Å². The minimum atomic E-state index is -0.832. The smallest absolute Gasteiger partial charge is 0.321 e. The summed E-state index contributed by atoms with van der Waals surface area (Å²) in [6.07, 6.45) is 2.82. The monoisotopic (exact) mass is 425 g/mol. The first kappa shape index (κ1) is 21.7. The summed E-state index contributed by atoms with van der Waals surface area (Å²) in [6.45, 7) is 1.90. The third kappa shape index (κ3) is 4.77. The molecule has 1 N–H and O–H groups in total. The van der Waals surface area contributed by atoms with E-state index in [1.165, 1.54) is 31.2 Å². The van der Waals surface area contributed by atoms with Crippen LogP contribution in [0.3, 0.4) is 0 Å². The number of amides is 1. The molecule has 31 heavy (non-hydrogen) atoms. The lowest BCUT2D eigenvalue weighted by molar-refractivity contribution is -0.116. The number of nitrogens with zero attached hydrogens (tertiary/aromatic N) is 2. The van der Waals surface area contributed by atoms with Gasteiger partial charge in [0.15, 0.2) is 0 Å². The maximum Gasteiger partial charge on any atom is 0.321 e. The number of hydrogen-bond donors (Lipinski definition) is 1. The van der Waals surface area contributed by atoms with Gasteiger partial charge in [-0.05, 0) is 31.2 Å². The van der Waals surface area contributed by atoms with Crippen molar-refractivity contribution < 1.29 is 19.0 Å². The molecule has 0 bridgehead atoms. The molecule has 3 rings (SSSR count). The number of rotatable bonds is 8. The fraction of sp³-hybridized carbons (Fsp3) is 0.227. The summed E-state index contributed by atoms with van der Waals surface area (Å²) in [5, 5.41) is 2.67. The molecule has 0 aliphatic heterocycles. The van der Waals surface area contributed by atoms with Crippen molar-refractivity contribution in [2.24, 2.45) is 0 Å². The van der Waals surface area contributed by atoms with Crippen molar-refractivity contribution in [3.8, 4) is 22.9 Å². The first-order chi connectivity index (χ1) is 15.0. The predicted octanol–water partition coefficient (Wildman–Crippen LogP) is 2.05. The fourth-order valence-corrected chi connectivity index (χ4v) is 3.01. The van der Waals surface area contributed by atoms with Gasteiger partial charge in [0.1, 0.15) is 23.8 Å². The Balaban J connectivity index is 1.86. The number of methoxy groups -OCH3 is 2. The molecule has 1 aromatic heterocycles. The first-order valence-corrected chi connectivity index (χ1v) is 9.54. The highest BCUT2D eigenvalue weighted by Gasteiger charge is 2.14. The summed E-state index contributed by atoms with van der Waals surface area (Å²) in [4.78, 5) is 37.8. The molecule has 0 fully saturated rings. The van der Waals surface area contributed by atoms with Gasteiger partial charge in [-0.2, -0.15) is 0 Å². The minimum Gasteiger partial charge on any atom is -0.497 e. The van der Waals surface area contributed by atoms with Crippen LogP contribution in [0.4, 0.5) is 5.69 Å². The Labute approximate surface area is 178 Å². The molecule has 0 saturated heterocycles. The predicted molar refractivity (Wildman–Crippen MR) is 116 cm³/mol. The number of hydrogen-bond acceptors (Lipinski definition) is 6. The molecule has 0 saturated carbocycles. The van der Waals surface area contributed by atoms with E-state index in [9.17, 15) is 14.4 Å². The largest absolute Gasteiger partial charge is 0.497 e. The summed E-state index contributed by atoms with van der Waals surface area (Å²) in [5.74, 6) is 0.945. The number of carbonyl (C=O) groups is 1. The molecule has 162 valence electrons. The average Bonchev–Trinajstić information content (AvgIpc) is 2.78. The summed E-state index contributed by atoms with van der Waals surface area (Å²) in [5.41, 5.74) is -0.786. The lowest BCUT2D eigenvalue weighted by Crippen LogP contribution is -2.41. The van der Waals surface area contributed by atoms with Gasteiger partial charge in [0, 0.05) is 18.5 Å². The SMILES string of the molecule is CCOc1ccccc1-n1ccn(CC(=O)Nc2cc(OC)ccc2OC)c(=O)c1=O. The van der Waals surface area contributed by atoms with Crippen molar-refractivity contribution in [2.75, 3.05) is 26.1 Å². The van der Waals surface area contributed by atoms with Crippen LogP contribution in [0.1, 0.15) is 6.92 Å². The second kappa shape index (κ2) is 9.66. The molecule has 1 amide bonds. The highest BCUT2D eigenvalue weighted by Crippen LogP contribution is 2.28. The van der Waals surface area contributed by atoms with Gasteiger partial charge in [-0.15, -0.1) is 0 Å². The molecule has 9 heteroatoms. The van der Waals surface area contributed by atoms with Gasteiger partial charge in [0.25, 0.3) is 0 Å². The van der Waals surface area contributed by atoms with Crippen LogP contribution >= 0.6 is 0 Å². The molecule has 0 radical (unpaired) electrons. The molecule has 0 atom stereocenters. The quantitative estimate of drug-likeness (QED) is 0.555. The molecule has 2 aromatic carbocycles. The molecular formula is C22H23N3O6. The fourth-order valence-electron chi connectivity index (χ4n) is 3.01. The number of benzene rings is 2. The Morgan fingerprint density at radius 3 is 2.45 bits per heavy atom. The third-order valence-electron chi connectivity index (χ3n) is 4.48.